The van der Waals surface area contributed by atoms with Crippen molar-refractivity contribution in [3.63, 3.8) is 0 Å². The molecule has 1 aliphatic rings. The second-order valence-corrected chi connectivity index (χ2v) is 3.00. The van der Waals surface area contributed by atoms with Crippen LogP contribution in [0.25, 0.3) is 0 Å². The van der Waals surface area contributed by atoms with E-state index in [1.54, 1.807) is 6.26 Å². The van der Waals surface area contributed by atoms with Gasteiger partial charge in [0.2, 0.25) is 0 Å². The van der Waals surface area contributed by atoms with Crippen molar-refractivity contribution in [2.45, 2.75) is 12.3 Å². The fourth-order valence-electron chi connectivity index (χ4n) is 1.54. The molecule has 0 aliphatic carbocycles. The van der Waals surface area contributed by atoms with Crippen molar-refractivity contribution in [1.82, 2.24) is 5.01 Å². The summed E-state index contributed by atoms with van der Waals surface area (Å²) in [6, 6.07) is 3.94. The number of hydrogen-bond donors (Lipinski definition) is 1. The second kappa shape index (κ2) is 2.68. The summed E-state index contributed by atoms with van der Waals surface area (Å²) in [4.78, 5) is 0. The van der Waals surface area contributed by atoms with Gasteiger partial charge in [0, 0.05) is 19.0 Å². The molecule has 1 aromatic heterocycles. The summed E-state index contributed by atoms with van der Waals surface area (Å²) in [5.74, 6) is 7.20. The average molecular weight is 152 g/mol. The van der Waals surface area contributed by atoms with Crippen LogP contribution in [0, 0.1) is 0 Å². The topological polar surface area (TPSA) is 42.4 Å². The van der Waals surface area contributed by atoms with Crippen molar-refractivity contribution >= 4 is 0 Å². The second-order valence-electron chi connectivity index (χ2n) is 3.00. The summed E-state index contributed by atoms with van der Waals surface area (Å²) >= 11 is 0. The first-order valence-electron chi connectivity index (χ1n) is 3.89. The monoisotopic (exact) mass is 152 g/mol. The molecule has 1 aromatic rings. The molecule has 0 bridgehead atoms. The van der Waals surface area contributed by atoms with Crippen LogP contribution in [-0.4, -0.2) is 18.1 Å². The van der Waals surface area contributed by atoms with Gasteiger partial charge in [0.1, 0.15) is 5.76 Å². The van der Waals surface area contributed by atoms with Gasteiger partial charge >= 0.3 is 0 Å². The highest BCUT2D eigenvalue weighted by atomic mass is 16.3. The Bertz CT molecular complexity index is 220. The normalized spacial score (nSPS) is 26.1. The van der Waals surface area contributed by atoms with Crippen LogP contribution in [0.2, 0.25) is 0 Å². The summed E-state index contributed by atoms with van der Waals surface area (Å²) in [5, 5.41) is 1.84. The number of nitrogens with zero attached hydrogens (tertiary/aromatic N) is 1. The molecule has 2 rings (SSSR count). The van der Waals surface area contributed by atoms with Crippen LogP contribution in [0.5, 0.6) is 0 Å². The minimum Gasteiger partial charge on any atom is -0.469 e. The smallest absolute Gasteiger partial charge is 0.108 e. The molecule has 0 spiro atoms. The molecule has 0 radical (unpaired) electrons. The maximum Gasteiger partial charge on any atom is 0.108 e. The first-order valence-corrected chi connectivity index (χ1v) is 3.89. The summed E-state index contributed by atoms with van der Waals surface area (Å²) in [5.41, 5.74) is 0. The lowest BCUT2D eigenvalue weighted by Crippen LogP contribution is -2.27. The summed E-state index contributed by atoms with van der Waals surface area (Å²) in [6.45, 7) is 1.90. The number of hydrogen-bond acceptors (Lipinski definition) is 3. The van der Waals surface area contributed by atoms with Crippen LogP contribution < -0.4 is 5.84 Å². The fraction of sp³-hybridized carbons (Fsp3) is 0.500. The Kier molecular flexibility index (Phi) is 1.68. The molecule has 1 saturated heterocycles. The van der Waals surface area contributed by atoms with E-state index in [1.165, 1.54) is 0 Å². The van der Waals surface area contributed by atoms with E-state index in [-0.39, 0.29) is 0 Å². The van der Waals surface area contributed by atoms with Crippen molar-refractivity contribution in [2.24, 2.45) is 5.84 Å². The Balaban J connectivity index is 2.08. The van der Waals surface area contributed by atoms with Crippen LogP contribution in [-0.2, 0) is 0 Å². The van der Waals surface area contributed by atoms with Crippen molar-refractivity contribution in [3.05, 3.63) is 24.2 Å². The summed E-state index contributed by atoms with van der Waals surface area (Å²) in [6.07, 6.45) is 2.83. The van der Waals surface area contributed by atoms with Crippen molar-refractivity contribution in [2.75, 3.05) is 13.1 Å². The Morgan fingerprint density at radius 1 is 1.64 bits per heavy atom. The molecule has 1 aliphatic heterocycles. The van der Waals surface area contributed by atoms with Gasteiger partial charge in [-0.15, -0.1) is 0 Å². The van der Waals surface area contributed by atoms with Gasteiger partial charge in [0.15, 0.2) is 0 Å². The van der Waals surface area contributed by atoms with Crippen molar-refractivity contribution in [1.29, 1.82) is 0 Å². The third-order valence-electron chi connectivity index (χ3n) is 2.17. The number of rotatable bonds is 1. The average Bonchev–Trinajstić information content (AvgIpc) is 2.55. The minimum atomic E-state index is 0.509. The first-order chi connectivity index (χ1) is 5.36. The Labute approximate surface area is 65.7 Å². The molecule has 2 N–H and O–H groups in total. The Morgan fingerprint density at radius 2 is 2.55 bits per heavy atom. The van der Waals surface area contributed by atoms with Crippen LogP contribution in [0.4, 0.5) is 0 Å². The molecule has 0 saturated carbocycles. The zero-order chi connectivity index (χ0) is 7.68. The zero-order valence-corrected chi connectivity index (χ0v) is 6.36. The third kappa shape index (κ3) is 1.29. The van der Waals surface area contributed by atoms with Crippen molar-refractivity contribution < 1.29 is 4.42 Å². The van der Waals surface area contributed by atoms with E-state index in [0.29, 0.717) is 5.92 Å². The van der Waals surface area contributed by atoms with E-state index in [9.17, 15) is 0 Å². The first kappa shape index (κ1) is 6.88. The van der Waals surface area contributed by atoms with Crippen LogP contribution in [0.3, 0.4) is 0 Å². The molecule has 3 nitrogen and oxygen atoms in total. The van der Waals surface area contributed by atoms with Crippen LogP contribution in [0.1, 0.15) is 18.1 Å². The largest absolute Gasteiger partial charge is 0.469 e. The molecule has 11 heavy (non-hydrogen) atoms. The number of furan rings is 1. The van der Waals surface area contributed by atoms with Gasteiger partial charge < -0.3 is 4.42 Å². The molecule has 1 fully saturated rings. The van der Waals surface area contributed by atoms with Crippen LogP contribution >= 0.6 is 0 Å². The third-order valence-corrected chi connectivity index (χ3v) is 2.17. The van der Waals surface area contributed by atoms with Gasteiger partial charge in [0.25, 0.3) is 0 Å². The van der Waals surface area contributed by atoms with Gasteiger partial charge in [-0.25, -0.2) is 5.01 Å². The highest BCUT2D eigenvalue weighted by Crippen LogP contribution is 2.25. The molecule has 2 heterocycles. The van der Waals surface area contributed by atoms with Crippen LogP contribution in [0.15, 0.2) is 22.8 Å². The molecule has 60 valence electrons. The number of hydrazine groups is 1. The van der Waals surface area contributed by atoms with Gasteiger partial charge in [-0.1, -0.05) is 0 Å². The van der Waals surface area contributed by atoms with E-state index in [2.05, 4.69) is 0 Å². The molecule has 1 atom stereocenters. The maximum atomic E-state index is 5.62. The van der Waals surface area contributed by atoms with E-state index < -0.39 is 0 Å². The van der Waals surface area contributed by atoms with Gasteiger partial charge in [-0.2, -0.15) is 0 Å². The maximum absolute atomic E-state index is 5.62. The lowest BCUT2D eigenvalue weighted by Gasteiger charge is -2.06. The van der Waals surface area contributed by atoms with E-state index in [4.69, 9.17) is 10.3 Å². The van der Waals surface area contributed by atoms with Gasteiger partial charge in [-0.3, -0.25) is 5.84 Å². The quantitative estimate of drug-likeness (QED) is 0.609. The standard InChI is InChI=1S/C8H12N2O/c9-10-4-3-7(6-10)8-2-1-5-11-8/h1-2,5,7H,3-4,6,9H2. The molecule has 0 aromatic carbocycles. The number of nitrogens with two attached hydrogens (primary N) is 1. The van der Waals surface area contributed by atoms with E-state index in [0.717, 1.165) is 25.3 Å². The lowest BCUT2D eigenvalue weighted by molar-refractivity contribution is 0.343. The SMILES string of the molecule is NN1CCC(c2ccco2)C1. The Hall–Kier alpha value is -0.800. The predicted octanol–water partition coefficient (Wildman–Crippen LogP) is 0.943. The Morgan fingerprint density at radius 3 is 3.09 bits per heavy atom. The fourth-order valence-corrected chi connectivity index (χ4v) is 1.54. The summed E-state index contributed by atoms with van der Waals surface area (Å²) in [7, 11) is 0. The molecule has 1 unspecified atom stereocenters. The predicted molar refractivity (Wildman–Crippen MR) is 41.8 cm³/mol. The lowest BCUT2D eigenvalue weighted by atomic mass is 10.1. The highest BCUT2D eigenvalue weighted by molar-refractivity contribution is 5.07. The summed E-state index contributed by atoms with van der Waals surface area (Å²) < 4.78 is 5.28. The zero-order valence-electron chi connectivity index (χ0n) is 6.36. The molecule has 3 heteroatoms. The highest BCUT2D eigenvalue weighted by Gasteiger charge is 2.23. The van der Waals surface area contributed by atoms with E-state index in [1.807, 2.05) is 17.1 Å². The van der Waals surface area contributed by atoms with E-state index >= 15 is 0 Å². The van der Waals surface area contributed by atoms with Crippen molar-refractivity contribution in [3.8, 4) is 0 Å². The molecular weight excluding hydrogens is 140 g/mol. The van der Waals surface area contributed by atoms with Gasteiger partial charge in [-0.05, 0) is 18.6 Å². The minimum absolute atomic E-state index is 0.509. The van der Waals surface area contributed by atoms with Gasteiger partial charge in [0.05, 0.1) is 6.26 Å². The molecule has 0 amide bonds. The molecular formula is C8H12N2O.